The van der Waals surface area contributed by atoms with E-state index in [1.165, 1.54) is 18.2 Å². The Kier molecular flexibility index (Phi) is 8.16. The number of hydrogen-bond acceptors (Lipinski definition) is 6. The third-order valence-electron chi connectivity index (χ3n) is 4.67. The molecule has 0 spiro atoms. The monoisotopic (exact) mass is 621 g/mol. The van der Waals surface area contributed by atoms with E-state index < -0.39 is 52.1 Å². The van der Waals surface area contributed by atoms with Crippen LogP contribution in [0.25, 0.3) is 0 Å². The fourth-order valence-electron chi connectivity index (χ4n) is 3.12. The molecule has 0 bridgehead atoms. The molecule has 32 heavy (non-hydrogen) atoms. The molecule has 2 atom stereocenters. The fraction of sp³-hybridized carbons (Fsp3) is 0.421. The Balaban J connectivity index is 1.83. The van der Waals surface area contributed by atoms with E-state index in [4.69, 9.17) is 32.7 Å². The molecule has 1 aliphatic rings. The summed E-state index contributed by atoms with van der Waals surface area (Å²) in [5.41, 5.74) is 0.158. The summed E-state index contributed by atoms with van der Waals surface area (Å²) < 4.78 is 66.4. The van der Waals surface area contributed by atoms with Crippen molar-refractivity contribution in [1.29, 1.82) is 0 Å². The molecule has 1 aliphatic carbocycles. The molecule has 3 rings (SSSR count). The van der Waals surface area contributed by atoms with E-state index in [1.807, 2.05) is 0 Å². The molecule has 1 saturated carbocycles. The highest BCUT2D eigenvalue weighted by Gasteiger charge is 2.30. The summed E-state index contributed by atoms with van der Waals surface area (Å²) in [7, 11) is -4.31. The number of anilines is 1. The minimum absolute atomic E-state index is 0.00319. The molecule has 0 saturated heterocycles. The predicted octanol–water partition coefficient (Wildman–Crippen LogP) is 5.53. The van der Waals surface area contributed by atoms with Crippen molar-refractivity contribution in [3.05, 3.63) is 34.7 Å². The molecule has 0 aliphatic heterocycles. The van der Waals surface area contributed by atoms with Crippen molar-refractivity contribution in [2.45, 2.75) is 41.1 Å². The van der Waals surface area contributed by atoms with Gasteiger partial charge in [0.15, 0.2) is 11.5 Å². The van der Waals surface area contributed by atoms with Gasteiger partial charge in [-0.1, -0.05) is 23.0 Å². The molecule has 1 aromatic heterocycles. The minimum atomic E-state index is -4.31. The lowest BCUT2D eigenvalue weighted by Crippen LogP contribution is -2.21. The van der Waals surface area contributed by atoms with E-state index in [0.29, 0.717) is 16.7 Å². The second-order valence-corrected chi connectivity index (χ2v) is 12.0. The molecular formula is C19H20Cl2F2IN3O4S. The molecule has 0 amide bonds. The van der Waals surface area contributed by atoms with Gasteiger partial charge in [-0.25, -0.2) is 13.4 Å². The maximum Gasteiger partial charge on any atom is 0.324 e. The molecule has 2 aromatic rings. The number of sulfonamides is 1. The van der Waals surface area contributed by atoms with Crippen LogP contribution in [0.2, 0.25) is 10.3 Å². The topological polar surface area (TPSA) is 90.4 Å². The molecule has 176 valence electrons. The Hall–Kier alpha value is -1.31. The highest BCUT2D eigenvalue weighted by molar-refractivity contribution is 14.2. The van der Waals surface area contributed by atoms with E-state index in [0.717, 1.165) is 25.5 Å². The highest BCUT2D eigenvalue weighted by atomic mass is 127. The SMILES string of the molecule is C=IC(F)(F)COc1nc(Cl)ncc1S(=O)(=O)Nc1ccc(Cl)c(O[C@@H]2CCC(C)C2)c1. The van der Waals surface area contributed by atoms with Crippen molar-refractivity contribution in [3.63, 3.8) is 0 Å². The Morgan fingerprint density at radius 1 is 1.34 bits per heavy atom. The van der Waals surface area contributed by atoms with E-state index in [-0.39, 0.29) is 17.1 Å². The molecule has 1 aromatic carbocycles. The third kappa shape index (κ3) is 6.61. The van der Waals surface area contributed by atoms with Crippen LogP contribution in [0.3, 0.4) is 0 Å². The lowest BCUT2D eigenvalue weighted by molar-refractivity contribution is 0.0608. The zero-order valence-corrected chi connectivity index (χ0v) is 21.3. The molecular weight excluding hydrogens is 602 g/mol. The van der Waals surface area contributed by atoms with Crippen molar-refractivity contribution in [2.75, 3.05) is 11.3 Å². The van der Waals surface area contributed by atoms with Gasteiger partial charge in [-0.2, -0.15) is 13.8 Å². The van der Waals surface area contributed by atoms with Crippen molar-refractivity contribution in [1.82, 2.24) is 9.97 Å². The van der Waals surface area contributed by atoms with Gasteiger partial charge in [-0.3, -0.25) is 4.72 Å². The van der Waals surface area contributed by atoms with Gasteiger partial charge in [0.05, 0.1) is 23.0 Å². The van der Waals surface area contributed by atoms with Crippen LogP contribution in [0.5, 0.6) is 11.6 Å². The highest BCUT2D eigenvalue weighted by Crippen LogP contribution is 2.35. The number of ether oxygens (including phenoxy) is 2. The van der Waals surface area contributed by atoms with Crippen molar-refractivity contribution >= 4 is 64.2 Å². The minimum Gasteiger partial charge on any atom is -0.489 e. The van der Waals surface area contributed by atoms with E-state index in [9.17, 15) is 17.2 Å². The van der Waals surface area contributed by atoms with Crippen LogP contribution >= 0.6 is 43.9 Å². The number of hydrogen-bond donors (Lipinski definition) is 1. The Labute approximate surface area is 204 Å². The Morgan fingerprint density at radius 2 is 2.09 bits per heavy atom. The lowest BCUT2D eigenvalue weighted by atomic mass is 10.1. The second-order valence-electron chi connectivity index (χ2n) is 7.25. The Bertz CT molecular complexity index is 1110. The maximum atomic E-state index is 13.6. The molecule has 1 heterocycles. The molecule has 1 N–H and O–H groups in total. The van der Waals surface area contributed by atoms with Crippen LogP contribution < -0.4 is 14.2 Å². The second kappa shape index (κ2) is 10.3. The molecule has 7 nitrogen and oxygen atoms in total. The summed E-state index contributed by atoms with van der Waals surface area (Å²) in [6.45, 7) is 1.07. The maximum absolute atomic E-state index is 13.6. The number of halogens is 5. The first kappa shape index (κ1) is 25.3. The zero-order chi connectivity index (χ0) is 23.5. The number of rotatable bonds is 9. The average molecular weight is 622 g/mol. The first-order chi connectivity index (χ1) is 15.0. The lowest BCUT2D eigenvalue weighted by Gasteiger charge is -2.17. The van der Waals surface area contributed by atoms with Crippen molar-refractivity contribution in [3.8, 4) is 11.6 Å². The van der Waals surface area contributed by atoms with Crippen LogP contribution in [-0.4, -0.2) is 39.5 Å². The van der Waals surface area contributed by atoms with Crippen LogP contribution in [0.4, 0.5) is 14.5 Å². The van der Waals surface area contributed by atoms with E-state index >= 15 is 0 Å². The van der Waals surface area contributed by atoms with Gasteiger partial charge in [0.1, 0.15) is 5.75 Å². The first-order valence-corrected chi connectivity index (χ1v) is 14.2. The van der Waals surface area contributed by atoms with Gasteiger partial charge in [0.2, 0.25) is 11.2 Å². The molecule has 1 fully saturated rings. The summed E-state index contributed by atoms with van der Waals surface area (Å²) in [5.74, 6) is 0.301. The van der Waals surface area contributed by atoms with Crippen molar-refractivity contribution in [2.24, 2.45) is 5.92 Å². The summed E-state index contributed by atoms with van der Waals surface area (Å²) in [6.07, 6.45) is 3.70. The summed E-state index contributed by atoms with van der Waals surface area (Å²) in [6, 6.07) is 4.41. The van der Waals surface area contributed by atoms with Gasteiger partial charge in [0, 0.05) is 6.07 Å². The summed E-state index contributed by atoms with van der Waals surface area (Å²) in [5, 5.41) is -0.00962. The number of alkyl halides is 3. The van der Waals surface area contributed by atoms with Crippen LogP contribution in [0.1, 0.15) is 26.2 Å². The molecule has 1 unspecified atom stereocenters. The smallest absolute Gasteiger partial charge is 0.324 e. The summed E-state index contributed by atoms with van der Waals surface area (Å²) in [4.78, 5) is 6.75. The number of benzene rings is 1. The van der Waals surface area contributed by atoms with Crippen LogP contribution in [-0.2, 0) is 10.0 Å². The van der Waals surface area contributed by atoms with Crippen molar-refractivity contribution < 1.29 is 26.7 Å². The zero-order valence-electron chi connectivity index (χ0n) is 16.8. The standard InChI is InChI=1S/C19H20Cl2F2IN3O4S/c1-11-3-5-13(7-11)31-15-8-12(4-6-14(15)20)27-32(28,29)16-9-25-18(21)26-17(16)30-10-19(22,23)24-2/h4,6,8-9,11,13,27H,2-3,5,7,10H2,1H3/t11?,13-/m1/s1. The predicted molar refractivity (Wildman–Crippen MR) is 128 cm³/mol. The number of aromatic nitrogens is 2. The van der Waals surface area contributed by atoms with Gasteiger partial charge in [-0.15, -0.1) is 0 Å². The van der Waals surface area contributed by atoms with Gasteiger partial charge >= 0.3 is 3.93 Å². The van der Waals surface area contributed by atoms with Gasteiger partial charge < -0.3 is 9.47 Å². The van der Waals surface area contributed by atoms with Gasteiger partial charge in [0.25, 0.3) is 10.0 Å². The normalized spacial score (nSPS) is 19.0. The van der Waals surface area contributed by atoms with E-state index in [2.05, 4.69) is 26.1 Å². The molecule has 0 radical (unpaired) electrons. The van der Waals surface area contributed by atoms with Gasteiger partial charge in [-0.05, 0) is 69.6 Å². The third-order valence-corrected chi connectivity index (χ3v) is 7.96. The van der Waals surface area contributed by atoms with E-state index in [1.54, 1.807) is 0 Å². The number of nitrogens with one attached hydrogen (secondary N) is 1. The van der Waals surface area contributed by atoms with Crippen LogP contribution in [0, 0.1) is 5.92 Å². The van der Waals surface area contributed by atoms with Crippen LogP contribution in [0.15, 0.2) is 29.3 Å². The molecule has 13 heteroatoms. The quantitative estimate of drug-likeness (QED) is 0.225. The summed E-state index contributed by atoms with van der Waals surface area (Å²) >= 11 is 10.2. The Morgan fingerprint density at radius 3 is 2.75 bits per heavy atom. The fourth-order valence-corrected chi connectivity index (χ4v) is 4.86. The first-order valence-electron chi connectivity index (χ1n) is 9.41. The number of nitrogens with zero attached hydrogens (tertiary/aromatic N) is 2. The average Bonchev–Trinajstić information content (AvgIpc) is 3.13. The largest absolute Gasteiger partial charge is 0.489 e.